The monoisotopic (exact) mass is 418 g/mol. The number of carbonyl (C=O) groups is 1. The quantitative estimate of drug-likeness (QED) is 0.463. The molecule has 0 atom stereocenters. The maximum atomic E-state index is 12.3. The molecule has 0 spiro atoms. The Hall–Kier alpha value is -3.80. The highest BCUT2D eigenvalue weighted by Gasteiger charge is 2.05. The molecule has 0 saturated heterocycles. The number of nitrogens with zero attached hydrogens (tertiary/aromatic N) is 1. The molecule has 6 nitrogen and oxygen atoms in total. The molecule has 31 heavy (non-hydrogen) atoms. The van der Waals surface area contributed by atoms with E-state index in [4.69, 9.17) is 14.2 Å². The normalized spacial score (nSPS) is 10.6. The van der Waals surface area contributed by atoms with Crippen LogP contribution in [-0.4, -0.2) is 24.6 Å². The van der Waals surface area contributed by atoms with Crippen molar-refractivity contribution in [2.45, 2.75) is 20.0 Å². The number of nitrogens with one attached hydrogen (secondary N) is 1. The number of carbonyl (C=O) groups excluding carboxylic acids is 1. The van der Waals surface area contributed by atoms with Crippen molar-refractivity contribution in [3.63, 3.8) is 0 Å². The fourth-order valence-corrected chi connectivity index (χ4v) is 2.78. The van der Waals surface area contributed by atoms with Gasteiger partial charge < -0.3 is 19.5 Å². The molecule has 0 bridgehead atoms. The van der Waals surface area contributed by atoms with Gasteiger partial charge in [0.2, 0.25) is 5.91 Å². The average molecular weight is 418 g/mol. The molecular weight excluding hydrogens is 392 g/mol. The van der Waals surface area contributed by atoms with Crippen molar-refractivity contribution in [1.82, 2.24) is 4.98 Å². The summed E-state index contributed by atoms with van der Waals surface area (Å²) in [6.07, 6.45) is 5.84. The molecule has 2 aromatic carbocycles. The van der Waals surface area contributed by atoms with Gasteiger partial charge in [-0.15, -0.1) is 0 Å². The maximum Gasteiger partial charge on any atom is 0.248 e. The Kier molecular flexibility index (Phi) is 8.05. The van der Waals surface area contributed by atoms with Crippen LogP contribution >= 0.6 is 0 Å². The Balaban J connectivity index is 1.58. The van der Waals surface area contributed by atoms with Gasteiger partial charge in [-0.2, -0.15) is 0 Å². The molecule has 0 aliphatic heterocycles. The highest BCUT2D eigenvalue weighted by Crippen LogP contribution is 2.28. The van der Waals surface area contributed by atoms with Crippen molar-refractivity contribution in [2.24, 2.45) is 0 Å². The Morgan fingerprint density at radius 1 is 1.03 bits per heavy atom. The van der Waals surface area contributed by atoms with Gasteiger partial charge in [0.15, 0.2) is 11.5 Å². The van der Waals surface area contributed by atoms with Crippen LogP contribution in [0.2, 0.25) is 0 Å². The van der Waals surface area contributed by atoms with E-state index in [0.717, 1.165) is 17.7 Å². The summed E-state index contributed by atoms with van der Waals surface area (Å²) in [6.45, 7) is 3.03. The van der Waals surface area contributed by atoms with Gasteiger partial charge in [-0.1, -0.05) is 25.1 Å². The van der Waals surface area contributed by atoms with Gasteiger partial charge in [-0.3, -0.25) is 9.78 Å². The minimum absolute atomic E-state index is 0.243. The Bertz CT molecular complexity index is 1020. The summed E-state index contributed by atoms with van der Waals surface area (Å²) in [6, 6.07) is 18.5. The topological polar surface area (TPSA) is 69.7 Å². The summed E-state index contributed by atoms with van der Waals surface area (Å²) in [5.41, 5.74) is 2.32. The van der Waals surface area contributed by atoms with Crippen LogP contribution in [0, 0.1) is 0 Å². The summed E-state index contributed by atoms with van der Waals surface area (Å²) in [4.78, 5) is 16.6. The van der Waals surface area contributed by atoms with Crippen LogP contribution in [0.3, 0.4) is 0 Å². The molecule has 0 unspecified atom stereocenters. The second-order valence-corrected chi connectivity index (χ2v) is 6.72. The molecule has 0 aliphatic rings. The number of aromatic nitrogens is 1. The third kappa shape index (κ3) is 6.89. The lowest BCUT2D eigenvalue weighted by molar-refractivity contribution is -0.111. The van der Waals surface area contributed by atoms with E-state index in [1.165, 1.54) is 6.08 Å². The fraction of sp³-hybridized carbons (Fsp3) is 0.200. The van der Waals surface area contributed by atoms with Crippen molar-refractivity contribution >= 4 is 17.7 Å². The van der Waals surface area contributed by atoms with Gasteiger partial charge in [-0.25, -0.2) is 0 Å². The number of anilines is 1. The zero-order chi connectivity index (χ0) is 21.9. The number of hydrogen-bond donors (Lipinski definition) is 1. The summed E-state index contributed by atoms with van der Waals surface area (Å²) in [7, 11) is 1.59. The van der Waals surface area contributed by atoms with Gasteiger partial charge in [-0.05, 0) is 54.5 Å². The van der Waals surface area contributed by atoms with Crippen LogP contribution in [0.4, 0.5) is 5.69 Å². The standard InChI is InChI=1S/C25H26N2O4/c1-3-15-30-23-12-10-19(16-24(23)29-2)11-13-25(28)27-20-8-6-9-22(17-20)31-18-21-7-4-5-14-26-21/h4-14,16-17H,3,15,18H2,1-2H3,(H,27,28)/b13-11+. The number of benzene rings is 2. The van der Waals surface area contributed by atoms with Crippen molar-refractivity contribution in [3.8, 4) is 17.2 Å². The second-order valence-electron chi connectivity index (χ2n) is 6.72. The first-order chi connectivity index (χ1) is 15.2. The second kappa shape index (κ2) is 11.4. The highest BCUT2D eigenvalue weighted by atomic mass is 16.5. The molecule has 0 aliphatic carbocycles. The molecule has 0 radical (unpaired) electrons. The summed E-state index contributed by atoms with van der Waals surface area (Å²) < 4.78 is 16.8. The Labute approximate surface area is 182 Å². The minimum atomic E-state index is -0.243. The first-order valence-electron chi connectivity index (χ1n) is 10.1. The van der Waals surface area contributed by atoms with Gasteiger partial charge >= 0.3 is 0 Å². The van der Waals surface area contributed by atoms with Crippen molar-refractivity contribution < 1.29 is 19.0 Å². The van der Waals surface area contributed by atoms with Gasteiger partial charge in [0.25, 0.3) is 0 Å². The fourth-order valence-electron chi connectivity index (χ4n) is 2.78. The van der Waals surface area contributed by atoms with Gasteiger partial charge in [0.05, 0.1) is 19.4 Å². The number of hydrogen-bond acceptors (Lipinski definition) is 5. The van der Waals surface area contributed by atoms with E-state index in [0.29, 0.717) is 36.1 Å². The van der Waals surface area contributed by atoms with Gasteiger partial charge in [0.1, 0.15) is 12.4 Å². The summed E-state index contributed by atoms with van der Waals surface area (Å²) in [5, 5.41) is 2.84. The van der Waals surface area contributed by atoms with Crippen LogP contribution in [0.5, 0.6) is 17.2 Å². The molecule has 1 aromatic heterocycles. The lowest BCUT2D eigenvalue weighted by Crippen LogP contribution is -2.08. The first kappa shape index (κ1) is 21.9. The SMILES string of the molecule is CCCOc1ccc(/C=C/C(=O)Nc2cccc(OCc3ccccn3)c2)cc1OC. The van der Waals surface area contributed by atoms with Crippen LogP contribution in [0.15, 0.2) is 72.9 Å². The maximum absolute atomic E-state index is 12.3. The third-order valence-corrected chi connectivity index (χ3v) is 4.29. The molecule has 160 valence electrons. The van der Waals surface area contributed by atoms with E-state index in [9.17, 15) is 4.79 Å². The number of rotatable bonds is 10. The van der Waals surface area contributed by atoms with E-state index in [-0.39, 0.29) is 5.91 Å². The van der Waals surface area contributed by atoms with E-state index in [1.54, 1.807) is 25.4 Å². The summed E-state index contributed by atoms with van der Waals surface area (Å²) >= 11 is 0. The van der Waals surface area contributed by atoms with Crippen molar-refractivity contribution in [1.29, 1.82) is 0 Å². The van der Waals surface area contributed by atoms with Crippen LogP contribution in [0.1, 0.15) is 24.6 Å². The lowest BCUT2D eigenvalue weighted by atomic mass is 10.2. The molecular formula is C25H26N2O4. The van der Waals surface area contributed by atoms with E-state index in [1.807, 2.05) is 61.5 Å². The predicted octanol–water partition coefficient (Wildman–Crippen LogP) is 5.11. The highest BCUT2D eigenvalue weighted by molar-refractivity contribution is 6.02. The predicted molar refractivity (Wildman–Crippen MR) is 121 cm³/mol. The number of ether oxygens (including phenoxy) is 3. The van der Waals surface area contributed by atoms with Crippen LogP contribution in [0.25, 0.3) is 6.08 Å². The smallest absolute Gasteiger partial charge is 0.248 e. The zero-order valence-electron chi connectivity index (χ0n) is 17.7. The van der Waals surface area contributed by atoms with Crippen molar-refractivity contribution in [2.75, 3.05) is 19.0 Å². The average Bonchev–Trinajstić information content (AvgIpc) is 2.81. The largest absolute Gasteiger partial charge is 0.493 e. The van der Waals surface area contributed by atoms with Crippen molar-refractivity contribution in [3.05, 3.63) is 84.2 Å². The lowest BCUT2D eigenvalue weighted by Gasteiger charge is -2.10. The molecule has 1 N–H and O–H groups in total. The molecule has 1 amide bonds. The summed E-state index contributed by atoms with van der Waals surface area (Å²) in [5.74, 6) is 1.73. The minimum Gasteiger partial charge on any atom is -0.493 e. The number of methoxy groups -OCH3 is 1. The van der Waals surface area contributed by atoms with Crippen LogP contribution < -0.4 is 19.5 Å². The Morgan fingerprint density at radius 2 is 1.94 bits per heavy atom. The molecule has 3 rings (SSSR count). The molecule has 0 fully saturated rings. The molecule has 6 heteroatoms. The van der Waals surface area contributed by atoms with E-state index >= 15 is 0 Å². The number of pyridine rings is 1. The molecule has 0 saturated carbocycles. The van der Waals surface area contributed by atoms with Gasteiger partial charge in [0, 0.05) is 24.0 Å². The molecule has 3 aromatic rings. The number of amides is 1. The van der Waals surface area contributed by atoms with E-state index < -0.39 is 0 Å². The van der Waals surface area contributed by atoms with Crippen LogP contribution in [-0.2, 0) is 11.4 Å². The molecule has 1 heterocycles. The first-order valence-corrected chi connectivity index (χ1v) is 10.1. The van der Waals surface area contributed by atoms with E-state index in [2.05, 4.69) is 10.3 Å². The zero-order valence-corrected chi connectivity index (χ0v) is 17.7. The Morgan fingerprint density at radius 3 is 2.71 bits per heavy atom. The third-order valence-electron chi connectivity index (χ3n) is 4.29.